The summed E-state index contributed by atoms with van der Waals surface area (Å²) in [6.07, 6.45) is 0. The van der Waals surface area contributed by atoms with Gasteiger partial charge in [-0.2, -0.15) is 0 Å². The van der Waals surface area contributed by atoms with Gasteiger partial charge in [-0.05, 0) is 18.2 Å². The van der Waals surface area contributed by atoms with Gasteiger partial charge >= 0.3 is 0 Å². The predicted octanol–water partition coefficient (Wildman–Crippen LogP) is 2.64. The molecule has 1 N–H and O–H groups in total. The molecule has 1 nitrogen and oxygen atoms in total. The van der Waals surface area contributed by atoms with Crippen molar-refractivity contribution in [1.82, 2.24) is 0 Å². The van der Waals surface area contributed by atoms with Crippen molar-refractivity contribution in [3.05, 3.63) is 28.8 Å². The number of benzene rings is 1. The van der Waals surface area contributed by atoms with Crippen LogP contribution < -0.4 is 0 Å². The Morgan fingerprint density at radius 2 is 2.17 bits per heavy atom. The Morgan fingerprint density at radius 1 is 1.42 bits per heavy atom. The Kier molecular flexibility index (Phi) is 3.28. The smallest absolute Gasteiger partial charge is 0.135 e. The molecule has 1 aromatic rings. The third-order valence-corrected chi connectivity index (χ3v) is 1.70. The molecule has 0 saturated carbocycles. The monoisotopic (exact) mass is 200 g/mol. The van der Waals surface area contributed by atoms with E-state index in [1.54, 1.807) is 12.1 Å². The lowest BCUT2D eigenvalue weighted by atomic mass is 10.2. The second-order valence-electron chi connectivity index (χ2n) is 2.10. The number of phenolic OH excluding ortho intramolecular Hbond substituents is 1. The molecule has 0 aliphatic carbocycles. The van der Waals surface area contributed by atoms with Gasteiger partial charge in [0.25, 0.3) is 0 Å². The van der Waals surface area contributed by atoms with Crippen LogP contribution in [0, 0.1) is 11.8 Å². The van der Waals surface area contributed by atoms with Crippen LogP contribution in [-0.2, 0) is 0 Å². The molecule has 0 amide bonds. The molecule has 0 unspecified atom stereocenters. The fourth-order valence-corrected chi connectivity index (χ4v) is 0.910. The van der Waals surface area contributed by atoms with E-state index >= 15 is 0 Å². The molecular formula is C9H6Cl2O. The topological polar surface area (TPSA) is 20.2 Å². The van der Waals surface area contributed by atoms with Gasteiger partial charge in [0.05, 0.1) is 10.9 Å². The summed E-state index contributed by atoms with van der Waals surface area (Å²) < 4.78 is 0. The summed E-state index contributed by atoms with van der Waals surface area (Å²) in [6.45, 7) is 0. The number of phenols is 1. The van der Waals surface area contributed by atoms with Crippen LogP contribution in [0.25, 0.3) is 0 Å². The van der Waals surface area contributed by atoms with Crippen LogP contribution in [0.3, 0.4) is 0 Å². The SMILES string of the molecule is Oc1cc(C#CCCl)ccc1Cl. The largest absolute Gasteiger partial charge is 0.506 e. The first-order chi connectivity index (χ1) is 5.74. The van der Waals surface area contributed by atoms with Crippen molar-refractivity contribution < 1.29 is 5.11 Å². The van der Waals surface area contributed by atoms with E-state index in [-0.39, 0.29) is 11.6 Å². The standard InChI is InChI=1S/C9H6Cl2O/c10-5-1-2-7-3-4-8(11)9(12)6-7/h3-4,6,12H,5H2. The van der Waals surface area contributed by atoms with Crippen LogP contribution in [0.4, 0.5) is 0 Å². The molecule has 1 rings (SSSR count). The maximum absolute atomic E-state index is 9.17. The van der Waals surface area contributed by atoms with Gasteiger partial charge in [-0.15, -0.1) is 11.6 Å². The van der Waals surface area contributed by atoms with E-state index in [9.17, 15) is 0 Å². The molecule has 0 bridgehead atoms. The minimum absolute atomic E-state index is 0.0399. The van der Waals surface area contributed by atoms with Crippen LogP contribution in [0.5, 0.6) is 5.75 Å². The zero-order chi connectivity index (χ0) is 8.97. The van der Waals surface area contributed by atoms with Gasteiger partial charge in [0.15, 0.2) is 0 Å². The highest BCUT2D eigenvalue weighted by atomic mass is 35.5. The molecule has 3 heteroatoms. The van der Waals surface area contributed by atoms with Crippen molar-refractivity contribution in [2.24, 2.45) is 0 Å². The Labute approximate surface area is 80.9 Å². The van der Waals surface area contributed by atoms with Crippen molar-refractivity contribution in [2.45, 2.75) is 0 Å². The zero-order valence-corrected chi connectivity index (χ0v) is 7.65. The van der Waals surface area contributed by atoms with Gasteiger partial charge in [0, 0.05) is 5.56 Å². The average Bonchev–Trinajstić information content (AvgIpc) is 2.07. The van der Waals surface area contributed by atoms with Crippen molar-refractivity contribution in [3.8, 4) is 17.6 Å². The van der Waals surface area contributed by atoms with Crippen LogP contribution in [0.15, 0.2) is 18.2 Å². The minimum atomic E-state index is 0.0399. The lowest BCUT2D eigenvalue weighted by Crippen LogP contribution is -1.75. The lowest BCUT2D eigenvalue weighted by Gasteiger charge is -1.95. The van der Waals surface area contributed by atoms with E-state index in [4.69, 9.17) is 28.3 Å². The van der Waals surface area contributed by atoms with E-state index in [1.165, 1.54) is 6.07 Å². The highest BCUT2D eigenvalue weighted by molar-refractivity contribution is 6.32. The number of halogens is 2. The van der Waals surface area contributed by atoms with Gasteiger partial charge in [-0.1, -0.05) is 23.4 Å². The summed E-state index contributed by atoms with van der Waals surface area (Å²) in [5.41, 5.74) is 0.706. The van der Waals surface area contributed by atoms with Crippen LogP contribution >= 0.6 is 23.2 Å². The Morgan fingerprint density at radius 3 is 2.75 bits per heavy atom. The fourth-order valence-electron chi connectivity index (χ4n) is 0.726. The van der Waals surface area contributed by atoms with E-state index in [1.807, 2.05) is 0 Å². The third-order valence-electron chi connectivity index (χ3n) is 1.25. The van der Waals surface area contributed by atoms with E-state index < -0.39 is 0 Å². The maximum Gasteiger partial charge on any atom is 0.135 e. The highest BCUT2D eigenvalue weighted by Crippen LogP contribution is 2.22. The molecule has 0 saturated heterocycles. The Bertz CT molecular complexity index is 336. The van der Waals surface area contributed by atoms with Crippen molar-refractivity contribution >= 4 is 23.2 Å². The molecule has 0 heterocycles. The fraction of sp³-hybridized carbons (Fsp3) is 0.111. The van der Waals surface area contributed by atoms with Gasteiger partial charge in [-0.25, -0.2) is 0 Å². The summed E-state index contributed by atoms with van der Waals surface area (Å²) in [5, 5.41) is 9.49. The molecule has 0 aromatic heterocycles. The molecule has 0 aliphatic heterocycles. The lowest BCUT2D eigenvalue weighted by molar-refractivity contribution is 0.475. The number of hydrogen-bond acceptors (Lipinski definition) is 1. The van der Waals surface area contributed by atoms with Gasteiger partial charge in [0.2, 0.25) is 0 Å². The second kappa shape index (κ2) is 4.25. The van der Waals surface area contributed by atoms with Crippen molar-refractivity contribution in [1.29, 1.82) is 0 Å². The van der Waals surface area contributed by atoms with Gasteiger partial charge in [0.1, 0.15) is 5.75 Å². The predicted molar refractivity (Wildman–Crippen MR) is 50.7 cm³/mol. The quantitative estimate of drug-likeness (QED) is 0.505. The Hall–Kier alpha value is -0.840. The molecule has 0 atom stereocenters. The first-order valence-corrected chi connectivity index (χ1v) is 4.18. The molecule has 0 spiro atoms. The first kappa shape index (κ1) is 9.25. The number of rotatable bonds is 0. The second-order valence-corrected chi connectivity index (χ2v) is 2.78. The molecule has 12 heavy (non-hydrogen) atoms. The summed E-state index contributed by atoms with van der Waals surface area (Å²) in [4.78, 5) is 0. The van der Waals surface area contributed by atoms with E-state index in [0.717, 1.165) is 0 Å². The van der Waals surface area contributed by atoms with E-state index in [0.29, 0.717) is 10.6 Å². The number of aromatic hydroxyl groups is 1. The minimum Gasteiger partial charge on any atom is -0.506 e. The van der Waals surface area contributed by atoms with Crippen molar-refractivity contribution in [3.63, 3.8) is 0 Å². The Balaban J connectivity index is 2.97. The van der Waals surface area contributed by atoms with Crippen LogP contribution in [0.1, 0.15) is 5.56 Å². The average molecular weight is 201 g/mol. The van der Waals surface area contributed by atoms with Gasteiger partial charge < -0.3 is 5.11 Å². The molecule has 0 fully saturated rings. The summed E-state index contributed by atoms with van der Waals surface area (Å²) >= 11 is 11.0. The third kappa shape index (κ3) is 2.34. The molecular weight excluding hydrogens is 195 g/mol. The maximum atomic E-state index is 9.17. The molecule has 0 radical (unpaired) electrons. The highest BCUT2D eigenvalue weighted by Gasteiger charge is 1.96. The molecule has 62 valence electrons. The van der Waals surface area contributed by atoms with Crippen molar-refractivity contribution in [2.75, 3.05) is 5.88 Å². The first-order valence-electron chi connectivity index (χ1n) is 3.27. The van der Waals surface area contributed by atoms with E-state index in [2.05, 4.69) is 11.8 Å². The summed E-state index contributed by atoms with van der Waals surface area (Å²) in [6, 6.07) is 4.82. The van der Waals surface area contributed by atoms with Crippen LogP contribution in [0.2, 0.25) is 5.02 Å². The molecule has 0 aliphatic rings. The van der Waals surface area contributed by atoms with Gasteiger partial charge in [-0.3, -0.25) is 0 Å². The molecule has 1 aromatic carbocycles. The van der Waals surface area contributed by atoms with Crippen LogP contribution in [-0.4, -0.2) is 11.0 Å². The normalized spacial score (nSPS) is 8.83. The zero-order valence-electron chi connectivity index (χ0n) is 6.14. The number of hydrogen-bond donors (Lipinski definition) is 1. The summed E-state index contributed by atoms with van der Waals surface area (Å²) in [7, 11) is 0. The number of alkyl halides is 1. The summed E-state index contributed by atoms with van der Waals surface area (Å²) in [5.74, 6) is 5.76.